The Balaban J connectivity index is 2.79. The standard InChI is InChI=1S/C12H8BrN3O3/c1-19-10-3-2-8(13)4-9(10)16-6-7(5-14)11(17)15-12(16)18/h2-4,6H,1H3,(H,15,17,18). The third-order valence-corrected chi connectivity index (χ3v) is 2.96. The second-order valence-corrected chi connectivity index (χ2v) is 4.52. The molecule has 0 atom stereocenters. The normalized spacial score (nSPS) is 9.95. The van der Waals surface area contributed by atoms with E-state index in [1.54, 1.807) is 24.3 Å². The lowest BCUT2D eigenvalue weighted by Crippen LogP contribution is -2.30. The third kappa shape index (κ3) is 2.44. The fraction of sp³-hybridized carbons (Fsp3) is 0.0833. The summed E-state index contributed by atoms with van der Waals surface area (Å²) in [5.41, 5.74) is -1.07. The molecular formula is C12H8BrN3O3. The van der Waals surface area contributed by atoms with E-state index in [-0.39, 0.29) is 5.56 Å². The zero-order valence-electron chi connectivity index (χ0n) is 9.81. The molecule has 0 aliphatic rings. The average molecular weight is 322 g/mol. The van der Waals surface area contributed by atoms with Crippen LogP contribution in [-0.4, -0.2) is 16.7 Å². The van der Waals surface area contributed by atoms with Crippen LogP contribution in [-0.2, 0) is 0 Å². The second-order valence-electron chi connectivity index (χ2n) is 3.60. The number of nitriles is 1. The highest BCUT2D eigenvalue weighted by molar-refractivity contribution is 9.10. The molecule has 0 radical (unpaired) electrons. The number of H-pyrrole nitrogens is 1. The van der Waals surface area contributed by atoms with Gasteiger partial charge in [-0.25, -0.2) is 4.79 Å². The summed E-state index contributed by atoms with van der Waals surface area (Å²) in [6.07, 6.45) is 1.19. The van der Waals surface area contributed by atoms with Crippen molar-refractivity contribution in [2.75, 3.05) is 7.11 Å². The minimum Gasteiger partial charge on any atom is -0.495 e. The monoisotopic (exact) mass is 321 g/mol. The van der Waals surface area contributed by atoms with Crippen LogP contribution in [0, 0.1) is 11.3 Å². The van der Waals surface area contributed by atoms with Gasteiger partial charge in [-0.15, -0.1) is 0 Å². The van der Waals surface area contributed by atoms with Crippen LogP contribution in [0.4, 0.5) is 0 Å². The molecular weight excluding hydrogens is 314 g/mol. The first-order valence-corrected chi connectivity index (χ1v) is 5.96. The van der Waals surface area contributed by atoms with Crippen LogP contribution in [0.2, 0.25) is 0 Å². The van der Waals surface area contributed by atoms with Crippen LogP contribution >= 0.6 is 15.9 Å². The first-order valence-electron chi connectivity index (χ1n) is 5.17. The minimum absolute atomic E-state index is 0.151. The van der Waals surface area contributed by atoms with Crippen LogP contribution in [0.25, 0.3) is 5.69 Å². The van der Waals surface area contributed by atoms with Crippen molar-refractivity contribution in [3.8, 4) is 17.5 Å². The Kier molecular flexibility index (Phi) is 3.53. The summed E-state index contributed by atoms with van der Waals surface area (Å²) in [7, 11) is 1.47. The highest BCUT2D eigenvalue weighted by atomic mass is 79.9. The van der Waals surface area contributed by atoms with E-state index in [0.29, 0.717) is 11.4 Å². The molecule has 0 amide bonds. The molecule has 1 N–H and O–H groups in total. The van der Waals surface area contributed by atoms with Gasteiger partial charge in [0.2, 0.25) is 0 Å². The molecule has 1 heterocycles. The Labute approximate surface area is 116 Å². The summed E-state index contributed by atoms with van der Waals surface area (Å²) in [6, 6.07) is 6.81. The number of ether oxygens (including phenoxy) is 1. The van der Waals surface area contributed by atoms with Gasteiger partial charge in [-0.3, -0.25) is 14.3 Å². The number of aromatic amines is 1. The molecule has 0 fully saturated rings. The van der Waals surface area contributed by atoms with E-state index in [0.717, 1.165) is 9.04 Å². The van der Waals surface area contributed by atoms with E-state index in [1.165, 1.54) is 13.3 Å². The van der Waals surface area contributed by atoms with Crippen LogP contribution < -0.4 is 16.0 Å². The van der Waals surface area contributed by atoms with Gasteiger partial charge in [-0.1, -0.05) is 15.9 Å². The second kappa shape index (κ2) is 5.12. The summed E-state index contributed by atoms with van der Waals surface area (Å²) in [5, 5.41) is 8.84. The zero-order chi connectivity index (χ0) is 14.0. The number of nitrogens with one attached hydrogen (secondary N) is 1. The van der Waals surface area contributed by atoms with Gasteiger partial charge in [-0.2, -0.15) is 5.26 Å². The summed E-state index contributed by atoms with van der Waals surface area (Å²) < 4.78 is 7.05. The number of aromatic nitrogens is 2. The minimum atomic E-state index is -0.710. The molecule has 0 aliphatic carbocycles. The Hall–Kier alpha value is -2.33. The molecule has 7 heteroatoms. The van der Waals surface area contributed by atoms with Gasteiger partial charge < -0.3 is 4.74 Å². The Bertz CT molecular complexity index is 786. The number of hydrogen-bond donors (Lipinski definition) is 1. The summed E-state index contributed by atoms with van der Waals surface area (Å²) in [5.74, 6) is 0.446. The summed E-state index contributed by atoms with van der Waals surface area (Å²) in [4.78, 5) is 25.2. The average Bonchev–Trinajstić information content (AvgIpc) is 2.39. The van der Waals surface area contributed by atoms with Gasteiger partial charge >= 0.3 is 5.69 Å². The van der Waals surface area contributed by atoms with E-state index in [9.17, 15) is 9.59 Å². The van der Waals surface area contributed by atoms with E-state index in [1.807, 2.05) is 0 Å². The number of methoxy groups -OCH3 is 1. The fourth-order valence-corrected chi connectivity index (χ4v) is 1.93. The third-order valence-electron chi connectivity index (χ3n) is 2.46. The molecule has 2 rings (SSSR count). The number of benzene rings is 1. The maximum Gasteiger partial charge on any atom is 0.333 e. The van der Waals surface area contributed by atoms with Crippen molar-refractivity contribution in [3.05, 3.63) is 55.3 Å². The van der Waals surface area contributed by atoms with Crippen molar-refractivity contribution in [2.24, 2.45) is 0 Å². The SMILES string of the molecule is COc1ccc(Br)cc1-n1cc(C#N)c(=O)[nH]c1=O. The van der Waals surface area contributed by atoms with Gasteiger partial charge in [0, 0.05) is 10.7 Å². The number of rotatable bonds is 2. The maximum absolute atomic E-state index is 11.8. The van der Waals surface area contributed by atoms with Crippen LogP contribution in [0.5, 0.6) is 5.75 Å². The molecule has 0 aliphatic heterocycles. The number of hydrogen-bond acceptors (Lipinski definition) is 4. The molecule has 6 nitrogen and oxygen atoms in total. The molecule has 1 aromatic carbocycles. The van der Waals surface area contributed by atoms with Gasteiger partial charge in [0.05, 0.1) is 12.8 Å². The molecule has 2 aromatic rings. The molecule has 0 unspecified atom stereocenters. The predicted molar refractivity (Wildman–Crippen MR) is 71.6 cm³/mol. The van der Waals surface area contributed by atoms with Crippen molar-refractivity contribution >= 4 is 15.9 Å². The largest absolute Gasteiger partial charge is 0.495 e. The van der Waals surface area contributed by atoms with Crippen LogP contribution in [0.3, 0.4) is 0 Å². The summed E-state index contributed by atoms with van der Waals surface area (Å²) in [6.45, 7) is 0. The van der Waals surface area contributed by atoms with Crippen LogP contribution in [0.1, 0.15) is 5.56 Å². The van der Waals surface area contributed by atoms with Gasteiger partial charge in [0.25, 0.3) is 5.56 Å². The van der Waals surface area contributed by atoms with Crippen molar-refractivity contribution in [3.63, 3.8) is 0 Å². The predicted octanol–water partition coefficient (Wildman–Crippen LogP) is 1.17. The zero-order valence-corrected chi connectivity index (χ0v) is 11.4. The topological polar surface area (TPSA) is 87.9 Å². The van der Waals surface area contributed by atoms with Gasteiger partial charge in [0.15, 0.2) is 0 Å². The lowest BCUT2D eigenvalue weighted by Gasteiger charge is -2.10. The van der Waals surface area contributed by atoms with E-state index >= 15 is 0 Å². The van der Waals surface area contributed by atoms with Crippen molar-refractivity contribution in [1.29, 1.82) is 5.26 Å². The van der Waals surface area contributed by atoms with E-state index in [2.05, 4.69) is 20.9 Å². The Morgan fingerprint density at radius 1 is 1.42 bits per heavy atom. The Morgan fingerprint density at radius 3 is 2.79 bits per heavy atom. The van der Waals surface area contributed by atoms with Gasteiger partial charge in [0.1, 0.15) is 17.4 Å². The number of nitrogens with zero attached hydrogens (tertiary/aromatic N) is 2. The highest BCUT2D eigenvalue weighted by Crippen LogP contribution is 2.25. The Morgan fingerprint density at radius 2 is 2.16 bits per heavy atom. The van der Waals surface area contributed by atoms with Crippen molar-refractivity contribution in [2.45, 2.75) is 0 Å². The molecule has 19 heavy (non-hydrogen) atoms. The van der Waals surface area contributed by atoms with Gasteiger partial charge in [-0.05, 0) is 18.2 Å². The molecule has 96 valence electrons. The lowest BCUT2D eigenvalue weighted by atomic mass is 10.2. The first kappa shape index (κ1) is 13.1. The maximum atomic E-state index is 11.8. The van der Waals surface area contributed by atoms with Crippen molar-refractivity contribution in [1.82, 2.24) is 9.55 Å². The van der Waals surface area contributed by atoms with E-state index < -0.39 is 11.2 Å². The fourth-order valence-electron chi connectivity index (χ4n) is 1.58. The first-order chi connectivity index (χ1) is 9.06. The molecule has 0 saturated heterocycles. The smallest absolute Gasteiger partial charge is 0.333 e. The van der Waals surface area contributed by atoms with E-state index in [4.69, 9.17) is 10.00 Å². The highest BCUT2D eigenvalue weighted by Gasteiger charge is 2.10. The molecule has 0 spiro atoms. The quantitative estimate of drug-likeness (QED) is 0.899. The van der Waals surface area contributed by atoms with Crippen LogP contribution in [0.15, 0.2) is 38.5 Å². The molecule has 1 aromatic heterocycles. The molecule has 0 saturated carbocycles. The lowest BCUT2D eigenvalue weighted by molar-refractivity contribution is 0.412. The molecule has 0 bridgehead atoms. The number of halogens is 1. The summed E-state index contributed by atoms with van der Waals surface area (Å²) >= 11 is 3.29. The van der Waals surface area contributed by atoms with Crippen molar-refractivity contribution < 1.29 is 4.74 Å².